The van der Waals surface area contributed by atoms with Crippen LogP contribution in [0.2, 0.25) is 0 Å². The Hall–Kier alpha value is -1.19. The van der Waals surface area contributed by atoms with Crippen molar-refractivity contribution in [3.8, 4) is 0 Å². The smallest absolute Gasteiger partial charge is 0.303 e. The van der Waals surface area contributed by atoms with Gasteiger partial charge < -0.3 is 16.6 Å². The number of nitrogens with two attached hydrogens (primary N) is 2. The van der Waals surface area contributed by atoms with E-state index in [4.69, 9.17) is 16.6 Å². The molecule has 0 aliphatic rings. The molecule has 4 nitrogen and oxygen atoms in total. The van der Waals surface area contributed by atoms with Crippen molar-refractivity contribution in [2.24, 2.45) is 11.5 Å². The van der Waals surface area contributed by atoms with E-state index in [1.807, 2.05) is 0 Å². The monoisotopic (exact) mass is 130 g/mol. The molecule has 0 rings (SSSR count). The predicted molar refractivity (Wildman–Crippen MR) is 33.3 cm³/mol. The van der Waals surface area contributed by atoms with Gasteiger partial charge >= 0.3 is 5.97 Å². The third-order valence-corrected chi connectivity index (χ3v) is 0.842. The Morgan fingerprint density at radius 2 is 2.11 bits per heavy atom. The number of carboxylic acids is 1. The zero-order chi connectivity index (χ0) is 7.28. The minimum atomic E-state index is -0.861. The number of rotatable bonds is 3. The van der Waals surface area contributed by atoms with Crippen molar-refractivity contribution in [2.45, 2.75) is 12.8 Å². The average Bonchev–Trinajstić information content (AvgIpc) is 1.83. The van der Waals surface area contributed by atoms with Crippen LogP contribution in [0.1, 0.15) is 12.8 Å². The molecule has 0 amide bonds. The first-order chi connectivity index (χ1) is 4.16. The molecule has 0 aliphatic heterocycles. The van der Waals surface area contributed by atoms with E-state index < -0.39 is 5.97 Å². The summed E-state index contributed by atoms with van der Waals surface area (Å²) in [6.07, 6.45) is 1.58. The van der Waals surface area contributed by atoms with Crippen molar-refractivity contribution in [3.63, 3.8) is 0 Å². The number of hydrogen-bond acceptors (Lipinski definition) is 3. The number of carbonyl (C=O) groups is 1. The van der Waals surface area contributed by atoms with Gasteiger partial charge in [0.1, 0.15) is 0 Å². The predicted octanol–water partition coefficient (Wildman–Crippen LogP) is -0.390. The van der Waals surface area contributed by atoms with Crippen molar-refractivity contribution in [1.29, 1.82) is 0 Å². The van der Waals surface area contributed by atoms with E-state index in [2.05, 4.69) is 0 Å². The highest BCUT2D eigenvalue weighted by Gasteiger charge is 1.96. The molecular formula is C5H10N2O2. The fraction of sp³-hybridized carbons (Fsp3) is 0.400. The lowest BCUT2D eigenvalue weighted by Crippen LogP contribution is -2.03. The molecule has 0 aromatic heterocycles. The van der Waals surface area contributed by atoms with Gasteiger partial charge in [-0.3, -0.25) is 4.79 Å². The van der Waals surface area contributed by atoms with Crippen LogP contribution in [-0.4, -0.2) is 11.1 Å². The van der Waals surface area contributed by atoms with E-state index in [-0.39, 0.29) is 6.42 Å². The molecule has 0 aromatic rings. The maximum atomic E-state index is 9.90. The van der Waals surface area contributed by atoms with Gasteiger partial charge in [0.25, 0.3) is 0 Å². The summed E-state index contributed by atoms with van der Waals surface area (Å²) in [5, 5.41) is 8.13. The summed E-state index contributed by atoms with van der Waals surface area (Å²) in [7, 11) is 0. The van der Waals surface area contributed by atoms with Gasteiger partial charge in [0, 0.05) is 11.9 Å². The average molecular weight is 130 g/mol. The van der Waals surface area contributed by atoms with E-state index in [1.165, 1.54) is 6.20 Å². The van der Waals surface area contributed by atoms with Gasteiger partial charge in [0.2, 0.25) is 0 Å². The van der Waals surface area contributed by atoms with Crippen LogP contribution < -0.4 is 11.5 Å². The molecule has 0 fully saturated rings. The lowest BCUT2D eigenvalue weighted by atomic mass is 10.2. The van der Waals surface area contributed by atoms with Gasteiger partial charge in [-0.15, -0.1) is 0 Å². The third kappa shape index (κ3) is 4.67. The second kappa shape index (κ2) is 3.77. The van der Waals surface area contributed by atoms with E-state index in [1.54, 1.807) is 0 Å². The first-order valence-electron chi connectivity index (χ1n) is 2.55. The topological polar surface area (TPSA) is 89.3 Å². The Morgan fingerprint density at radius 1 is 1.56 bits per heavy atom. The first-order valence-corrected chi connectivity index (χ1v) is 2.55. The second-order valence-corrected chi connectivity index (χ2v) is 1.64. The van der Waals surface area contributed by atoms with Crippen molar-refractivity contribution in [3.05, 3.63) is 11.9 Å². The van der Waals surface area contributed by atoms with Gasteiger partial charge in [-0.1, -0.05) is 0 Å². The molecular weight excluding hydrogens is 120 g/mol. The summed E-state index contributed by atoms with van der Waals surface area (Å²) in [5.41, 5.74) is 10.6. The molecule has 0 heterocycles. The third-order valence-electron chi connectivity index (χ3n) is 0.842. The maximum absolute atomic E-state index is 9.90. The quantitative estimate of drug-likeness (QED) is 0.485. The molecule has 5 N–H and O–H groups in total. The normalized spacial score (nSPS) is 11.3. The van der Waals surface area contributed by atoms with E-state index in [9.17, 15) is 4.79 Å². The highest BCUT2D eigenvalue weighted by Crippen LogP contribution is 1.94. The van der Waals surface area contributed by atoms with Gasteiger partial charge in [-0.25, -0.2) is 0 Å². The number of carboxylic acid groups (broad SMARTS) is 1. The van der Waals surface area contributed by atoms with Crippen molar-refractivity contribution in [2.75, 3.05) is 0 Å². The van der Waals surface area contributed by atoms with Crippen LogP contribution in [0.5, 0.6) is 0 Å². The van der Waals surface area contributed by atoms with Crippen LogP contribution >= 0.6 is 0 Å². The highest BCUT2D eigenvalue weighted by atomic mass is 16.4. The molecule has 0 saturated heterocycles. The Labute approximate surface area is 53.1 Å². The first kappa shape index (κ1) is 7.81. The van der Waals surface area contributed by atoms with Crippen LogP contribution in [0.15, 0.2) is 11.9 Å². The fourth-order valence-electron chi connectivity index (χ4n) is 0.335. The SMILES string of the molecule is N/C=C(\N)CCC(=O)O. The van der Waals surface area contributed by atoms with Gasteiger partial charge in [0.05, 0.1) is 6.42 Å². The van der Waals surface area contributed by atoms with Gasteiger partial charge in [-0.05, 0) is 6.42 Å². The van der Waals surface area contributed by atoms with Gasteiger partial charge in [0.15, 0.2) is 0 Å². The van der Waals surface area contributed by atoms with Crippen LogP contribution in [0.25, 0.3) is 0 Å². The van der Waals surface area contributed by atoms with Crippen molar-refractivity contribution < 1.29 is 9.90 Å². The Kier molecular flexibility index (Phi) is 3.27. The minimum absolute atomic E-state index is 0.0412. The van der Waals surface area contributed by atoms with Crippen LogP contribution in [-0.2, 0) is 4.79 Å². The fourth-order valence-corrected chi connectivity index (χ4v) is 0.335. The Balaban J connectivity index is 3.39. The zero-order valence-electron chi connectivity index (χ0n) is 5.00. The molecule has 0 atom stereocenters. The molecule has 0 radical (unpaired) electrons. The molecule has 52 valence electrons. The van der Waals surface area contributed by atoms with Crippen molar-refractivity contribution >= 4 is 5.97 Å². The number of allylic oxidation sites excluding steroid dienone is 1. The Bertz CT molecular complexity index is 131. The lowest BCUT2D eigenvalue weighted by Gasteiger charge is -1.93. The van der Waals surface area contributed by atoms with Crippen LogP contribution in [0, 0.1) is 0 Å². The summed E-state index contributed by atoms with van der Waals surface area (Å²) in [4.78, 5) is 9.90. The zero-order valence-corrected chi connectivity index (χ0v) is 5.00. The largest absolute Gasteiger partial charge is 0.481 e. The molecule has 0 spiro atoms. The second-order valence-electron chi connectivity index (χ2n) is 1.64. The summed E-state index contributed by atoms with van der Waals surface area (Å²) in [5.74, 6) is -0.861. The van der Waals surface area contributed by atoms with Crippen LogP contribution in [0.4, 0.5) is 0 Å². The van der Waals surface area contributed by atoms with E-state index in [0.717, 1.165) is 0 Å². The summed E-state index contributed by atoms with van der Waals surface area (Å²) >= 11 is 0. The standard InChI is InChI=1S/C5H10N2O2/c6-3-4(7)1-2-5(8)9/h3H,1-2,6-7H2,(H,8,9)/b4-3-. The highest BCUT2D eigenvalue weighted by molar-refractivity contribution is 5.66. The molecule has 0 bridgehead atoms. The molecule has 0 saturated carbocycles. The van der Waals surface area contributed by atoms with Gasteiger partial charge in [-0.2, -0.15) is 0 Å². The maximum Gasteiger partial charge on any atom is 0.303 e. The molecule has 0 aliphatic carbocycles. The summed E-state index contributed by atoms with van der Waals surface area (Å²) in [6, 6.07) is 0. The van der Waals surface area contributed by atoms with E-state index in [0.29, 0.717) is 12.1 Å². The van der Waals surface area contributed by atoms with Crippen LogP contribution in [0.3, 0.4) is 0 Å². The lowest BCUT2D eigenvalue weighted by molar-refractivity contribution is -0.136. The molecule has 0 aromatic carbocycles. The molecule has 0 unspecified atom stereocenters. The number of aliphatic carboxylic acids is 1. The molecule has 9 heavy (non-hydrogen) atoms. The Morgan fingerprint density at radius 3 is 2.44 bits per heavy atom. The van der Waals surface area contributed by atoms with E-state index >= 15 is 0 Å². The summed E-state index contributed by atoms with van der Waals surface area (Å²) in [6.45, 7) is 0. The summed E-state index contributed by atoms with van der Waals surface area (Å²) < 4.78 is 0. The minimum Gasteiger partial charge on any atom is -0.481 e. The molecule has 4 heteroatoms. The van der Waals surface area contributed by atoms with Crippen molar-refractivity contribution in [1.82, 2.24) is 0 Å². The number of hydrogen-bond donors (Lipinski definition) is 3.